The molecular formula is C22H24FN3O4S. The minimum atomic E-state index is -0.751. The second kappa shape index (κ2) is 10.4. The van der Waals surface area contributed by atoms with Gasteiger partial charge >= 0.3 is 0 Å². The molecule has 0 spiro atoms. The highest BCUT2D eigenvalue weighted by atomic mass is 32.2. The molecule has 2 amide bonds. The standard InChI is InChI=1S/C22H24FN3O4S/c23-17-9-6-15(7-10-17)13-25(18-4-2-1-3-5-18)21(27)14-31-20-11-8-16(22(24)28)12-19(20)26(29)30/h6-12,18H,1-5,13-14H2,(H2,24,28). The van der Waals surface area contributed by atoms with E-state index in [9.17, 15) is 24.1 Å². The Labute approximate surface area is 183 Å². The molecule has 1 aliphatic rings. The van der Waals surface area contributed by atoms with Gasteiger partial charge in [0.2, 0.25) is 11.8 Å². The van der Waals surface area contributed by atoms with E-state index in [0.29, 0.717) is 11.4 Å². The number of nitrogens with two attached hydrogens (primary N) is 1. The maximum Gasteiger partial charge on any atom is 0.283 e. The van der Waals surface area contributed by atoms with Crippen molar-refractivity contribution in [2.45, 2.75) is 49.6 Å². The summed E-state index contributed by atoms with van der Waals surface area (Å²) >= 11 is 1.06. The van der Waals surface area contributed by atoms with Crippen molar-refractivity contribution in [2.24, 2.45) is 5.73 Å². The molecule has 164 valence electrons. The molecule has 0 aromatic heterocycles. The quantitative estimate of drug-likeness (QED) is 0.371. The Morgan fingerprint density at radius 1 is 1.13 bits per heavy atom. The molecule has 0 radical (unpaired) electrons. The number of hydrogen-bond donors (Lipinski definition) is 1. The number of nitro benzene ring substituents is 1. The molecule has 0 atom stereocenters. The van der Waals surface area contributed by atoms with Gasteiger partial charge in [0, 0.05) is 24.2 Å². The Bertz CT molecular complexity index is 962. The SMILES string of the molecule is NC(=O)c1ccc(SCC(=O)N(Cc2ccc(F)cc2)C2CCCCC2)c([N+](=O)[O-])c1. The van der Waals surface area contributed by atoms with E-state index in [0.717, 1.165) is 55.5 Å². The number of thioether (sulfide) groups is 1. The number of carbonyl (C=O) groups excluding carboxylic acids is 2. The smallest absolute Gasteiger partial charge is 0.283 e. The predicted molar refractivity (Wildman–Crippen MR) is 116 cm³/mol. The van der Waals surface area contributed by atoms with Crippen LogP contribution in [0.1, 0.15) is 48.0 Å². The Hall–Kier alpha value is -2.94. The van der Waals surface area contributed by atoms with Crippen molar-refractivity contribution in [2.75, 3.05) is 5.75 Å². The van der Waals surface area contributed by atoms with E-state index in [1.54, 1.807) is 12.1 Å². The summed E-state index contributed by atoms with van der Waals surface area (Å²) in [5, 5.41) is 11.4. The van der Waals surface area contributed by atoms with Crippen LogP contribution in [-0.4, -0.2) is 33.4 Å². The van der Waals surface area contributed by atoms with Crippen molar-refractivity contribution in [3.05, 3.63) is 69.5 Å². The van der Waals surface area contributed by atoms with E-state index in [2.05, 4.69) is 0 Å². The summed E-state index contributed by atoms with van der Waals surface area (Å²) in [7, 11) is 0. The summed E-state index contributed by atoms with van der Waals surface area (Å²) < 4.78 is 13.3. The van der Waals surface area contributed by atoms with Gasteiger partial charge in [-0.25, -0.2) is 4.39 Å². The third-order valence-corrected chi connectivity index (χ3v) is 6.44. The third-order valence-electron chi connectivity index (χ3n) is 5.39. The van der Waals surface area contributed by atoms with Gasteiger partial charge < -0.3 is 10.6 Å². The number of halogens is 1. The fourth-order valence-corrected chi connectivity index (χ4v) is 4.65. The Balaban J connectivity index is 1.76. The van der Waals surface area contributed by atoms with Gasteiger partial charge in [0.15, 0.2) is 0 Å². The molecule has 1 aliphatic carbocycles. The summed E-state index contributed by atoms with van der Waals surface area (Å²) in [6.07, 6.45) is 5.05. The van der Waals surface area contributed by atoms with Crippen molar-refractivity contribution in [3.8, 4) is 0 Å². The van der Waals surface area contributed by atoms with Crippen LogP contribution in [0.2, 0.25) is 0 Å². The Kier molecular flexibility index (Phi) is 7.62. The van der Waals surface area contributed by atoms with Gasteiger partial charge in [-0.15, -0.1) is 11.8 Å². The lowest BCUT2D eigenvalue weighted by molar-refractivity contribution is -0.387. The molecule has 2 aromatic rings. The minimum Gasteiger partial charge on any atom is -0.366 e. The molecule has 7 nitrogen and oxygen atoms in total. The van der Waals surface area contributed by atoms with E-state index in [1.165, 1.54) is 24.3 Å². The first kappa shape index (κ1) is 22.7. The molecule has 3 rings (SSSR count). The largest absolute Gasteiger partial charge is 0.366 e. The lowest BCUT2D eigenvalue weighted by atomic mass is 9.94. The second-order valence-corrected chi connectivity index (χ2v) is 8.55. The van der Waals surface area contributed by atoms with Gasteiger partial charge in [-0.1, -0.05) is 31.4 Å². The highest BCUT2D eigenvalue weighted by Crippen LogP contribution is 2.31. The summed E-state index contributed by atoms with van der Waals surface area (Å²) in [4.78, 5) is 37.4. The highest BCUT2D eigenvalue weighted by molar-refractivity contribution is 8.00. The molecule has 0 bridgehead atoms. The average Bonchev–Trinajstić information content (AvgIpc) is 2.77. The number of rotatable bonds is 8. The second-order valence-electron chi connectivity index (χ2n) is 7.53. The van der Waals surface area contributed by atoms with Crippen molar-refractivity contribution in [1.29, 1.82) is 0 Å². The lowest BCUT2D eigenvalue weighted by Gasteiger charge is -2.34. The van der Waals surface area contributed by atoms with Crippen LogP contribution in [0, 0.1) is 15.9 Å². The number of nitrogens with zero attached hydrogens (tertiary/aromatic N) is 2. The summed E-state index contributed by atoms with van der Waals surface area (Å²) in [6, 6.07) is 10.2. The fraction of sp³-hybridized carbons (Fsp3) is 0.364. The molecule has 1 fully saturated rings. The number of benzene rings is 2. The number of amides is 2. The number of primary amides is 1. The van der Waals surface area contributed by atoms with E-state index >= 15 is 0 Å². The van der Waals surface area contributed by atoms with Crippen LogP contribution in [0.3, 0.4) is 0 Å². The first-order chi connectivity index (χ1) is 14.8. The molecule has 1 saturated carbocycles. The third kappa shape index (κ3) is 6.04. The predicted octanol–water partition coefficient (Wildman–Crippen LogP) is 4.29. The van der Waals surface area contributed by atoms with Crippen LogP contribution in [0.5, 0.6) is 0 Å². The fourth-order valence-electron chi connectivity index (χ4n) is 3.76. The van der Waals surface area contributed by atoms with Gasteiger partial charge in [0.25, 0.3) is 5.69 Å². The zero-order valence-corrected chi connectivity index (χ0v) is 17.8. The van der Waals surface area contributed by atoms with Gasteiger partial charge in [0.1, 0.15) is 5.82 Å². The molecule has 2 aromatic carbocycles. The molecule has 2 N–H and O–H groups in total. The average molecular weight is 446 g/mol. The number of carbonyl (C=O) groups is 2. The summed E-state index contributed by atoms with van der Waals surface area (Å²) in [5.41, 5.74) is 5.83. The van der Waals surface area contributed by atoms with Gasteiger partial charge in [-0.05, 0) is 42.7 Å². The molecular weight excluding hydrogens is 421 g/mol. The van der Waals surface area contributed by atoms with E-state index in [1.807, 2.05) is 4.90 Å². The molecule has 31 heavy (non-hydrogen) atoms. The van der Waals surface area contributed by atoms with Gasteiger partial charge in [-0.2, -0.15) is 0 Å². The van der Waals surface area contributed by atoms with Crippen molar-refractivity contribution < 1.29 is 18.9 Å². The van der Waals surface area contributed by atoms with Crippen LogP contribution in [0.25, 0.3) is 0 Å². The summed E-state index contributed by atoms with van der Waals surface area (Å²) in [5.74, 6) is -1.19. The molecule has 0 heterocycles. The maximum absolute atomic E-state index is 13.3. The van der Waals surface area contributed by atoms with Crippen LogP contribution in [0.15, 0.2) is 47.4 Å². The highest BCUT2D eigenvalue weighted by Gasteiger charge is 2.26. The normalized spacial score (nSPS) is 14.2. The number of hydrogen-bond acceptors (Lipinski definition) is 5. The Morgan fingerprint density at radius 3 is 2.42 bits per heavy atom. The van der Waals surface area contributed by atoms with Gasteiger partial charge in [-0.3, -0.25) is 19.7 Å². The molecule has 9 heteroatoms. The maximum atomic E-state index is 13.3. The minimum absolute atomic E-state index is 0.0223. The van der Waals surface area contributed by atoms with Crippen LogP contribution in [-0.2, 0) is 11.3 Å². The van der Waals surface area contributed by atoms with E-state index < -0.39 is 10.8 Å². The number of nitro groups is 1. The van der Waals surface area contributed by atoms with Crippen LogP contribution in [0.4, 0.5) is 10.1 Å². The zero-order valence-electron chi connectivity index (χ0n) is 17.0. The van der Waals surface area contributed by atoms with Crippen LogP contribution >= 0.6 is 11.8 Å². The van der Waals surface area contributed by atoms with E-state index in [4.69, 9.17) is 5.73 Å². The van der Waals surface area contributed by atoms with Crippen LogP contribution < -0.4 is 5.73 Å². The van der Waals surface area contributed by atoms with Crippen molar-refractivity contribution in [1.82, 2.24) is 4.90 Å². The van der Waals surface area contributed by atoms with Gasteiger partial charge in [0.05, 0.1) is 15.6 Å². The van der Waals surface area contributed by atoms with E-state index in [-0.39, 0.29) is 34.8 Å². The Morgan fingerprint density at radius 2 is 1.81 bits per heavy atom. The molecule has 0 saturated heterocycles. The molecule has 0 unspecified atom stereocenters. The first-order valence-corrected chi connectivity index (χ1v) is 11.1. The van der Waals surface area contributed by atoms with Crippen molar-refractivity contribution in [3.63, 3.8) is 0 Å². The zero-order chi connectivity index (χ0) is 22.4. The lowest BCUT2D eigenvalue weighted by Crippen LogP contribution is -2.41. The summed E-state index contributed by atoms with van der Waals surface area (Å²) in [6.45, 7) is 0.368. The van der Waals surface area contributed by atoms with Crippen molar-refractivity contribution >= 4 is 29.3 Å². The molecule has 0 aliphatic heterocycles. The first-order valence-electron chi connectivity index (χ1n) is 10.1. The topological polar surface area (TPSA) is 107 Å². The monoisotopic (exact) mass is 445 g/mol.